The third-order valence-electron chi connectivity index (χ3n) is 15.7. The summed E-state index contributed by atoms with van der Waals surface area (Å²) >= 11 is 0. The summed E-state index contributed by atoms with van der Waals surface area (Å²) in [6, 6.07) is -5.14. The van der Waals surface area contributed by atoms with E-state index in [2.05, 4.69) is 16.0 Å². The number of nitrogens with one attached hydrogen (secondary N) is 3. The SMILES string of the molecule is CC(=O)N[C@@H]1[C@@H](O)[C@H](O[C@@H]2O[C@H](CO)[C@@H](O[C@@H]3O[C@H](CO)[C@@H](O)[C@H](O[C@H]4O[C@H](CO)[C@@H](O[C@@H]5O[C@H](CO)[C@@H](O[C@@H]6O[C@H](CO)[C@H](O)[C@H](O)[C@H]6O)[C@H](O)[C@H]5NC(C)=O)[C@H](O)[C@@H]4O)[C@@H]3O)[C@H](O)[C@H]2NC(C)=O)[C@@H](CO[C@@H]2O[C@@H](C)[C@@H](O)[C@@H](O)[C@@H]2O)O[C@H]1O. The largest absolute Gasteiger partial charge is 0.394 e. The van der Waals surface area contributed by atoms with Gasteiger partial charge < -0.3 is 175 Å². The topological polar surface area (TPSA) is 592 Å². The average Bonchev–Trinajstić information content (AvgIpc) is 1.45. The van der Waals surface area contributed by atoms with Gasteiger partial charge in [-0.25, -0.2) is 0 Å². The molecule has 0 saturated carbocycles. The molecule has 0 aromatic rings. The molecule has 86 heavy (non-hydrogen) atoms. The molecule has 35 atom stereocenters. The van der Waals surface area contributed by atoms with Crippen molar-refractivity contribution in [3.8, 4) is 0 Å². The van der Waals surface area contributed by atoms with Gasteiger partial charge in [0.05, 0.1) is 45.7 Å². The Balaban J connectivity index is 1.06. The Morgan fingerprint density at radius 2 is 0.663 bits per heavy atom. The highest BCUT2D eigenvalue weighted by molar-refractivity contribution is 5.74. The van der Waals surface area contributed by atoms with Gasteiger partial charge in [0.25, 0.3) is 0 Å². The highest BCUT2D eigenvalue weighted by atomic mass is 16.8. The van der Waals surface area contributed by atoms with Gasteiger partial charge in [0, 0.05) is 20.8 Å². The average molecular weight is 1260 g/mol. The monoisotopic (exact) mass is 1260 g/mol. The Bertz CT molecular complexity index is 2170. The van der Waals surface area contributed by atoms with Gasteiger partial charge in [-0.1, -0.05) is 0 Å². The zero-order valence-electron chi connectivity index (χ0n) is 46.5. The van der Waals surface area contributed by atoms with E-state index in [-0.39, 0.29) is 0 Å². The lowest BCUT2D eigenvalue weighted by molar-refractivity contribution is -0.389. The molecule has 0 aliphatic carbocycles. The second-order valence-corrected chi connectivity index (χ2v) is 21.8. The zero-order valence-corrected chi connectivity index (χ0v) is 46.5. The maximum absolute atomic E-state index is 12.7. The van der Waals surface area contributed by atoms with Crippen molar-refractivity contribution in [2.24, 2.45) is 0 Å². The molecule has 0 aromatic heterocycles. The highest BCUT2D eigenvalue weighted by Crippen LogP contribution is 2.37. The van der Waals surface area contributed by atoms with Crippen molar-refractivity contribution in [2.45, 2.75) is 242 Å². The van der Waals surface area contributed by atoms with E-state index in [0.717, 1.165) is 20.8 Å². The Kier molecular flexibility index (Phi) is 25.0. The predicted molar refractivity (Wildman–Crippen MR) is 265 cm³/mol. The van der Waals surface area contributed by atoms with Gasteiger partial charge in [-0.3, -0.25) is 14.4 Å². The van der Waals surface area contributed by atoms with Crippen LogP contribution in [0, 0.1) is 0 Å². The predicted octanol–water partition coefficient (Wildman–Crippen LogP) is -14.8. The van der Waals surface area contributed by atoms with E-state index in [1.54, 1.807) is 0 Å². The second kappa shape index (κ2) is 30.5. The number of rotatable bonds is 21. The van der Waals surface area contributed by atoms with Crippen LogP contribution in [0.25, 0.3) is 0 Å². The van der Waals surface area contributed by atoms with Crippen molar-refractivity contribution in [3.63, 3.8) is 0 Å². The Morgan fingerprint density at radius 3 is 1.13 bits per heavy atom. The number of aliphatic hydroxyl groups is 19. The molecule has 0 bridgehead atoms. The minimum Gasteiger partial charge on any atom is -0.394 e. The fourth-order valence-electron chi connectivity index (χ4n) is 11.1. The number of amides is 3. The Hall–Kier alpha value is -2.87. The zero-order chi connectivity index (χ0) is 63.5. The smallest absolute Gasteiger partial charge is 0.217 e. The number of hydrogen-bond donors (Lipinski definition) is 22. The lowest BCUT2D eigenvalue weighted by Gasteiger charge is -2.50. The molecule has 7 rings (SSSR count). The molecule has 3 amide bonds. The second-order valence-electron chi connectivity index (χ2n) is 21.8. The quantitative estimate of drug-likeness (QED) is 0.0507. The summed E-state index contributed by atoms with van der Waals surface area (Å²) < 4.78 is 74.9. The standard InChI is InChI=1S/C48H81N3O35/c1-11-24(60)30(66)33(69)45(75-11)74-10-20-40(27(63)21(42(73)76-20)49-12(2)57)83-44-23(51-14(4)59)29(65)38(18(8-55)80-44)85-48-36(72)41(26(62)16(6-53)78-48)86-47-35(71)32(68)39(19(9-56)81-47)82-43-22(50-13(3)58)28(64)37(17(7-54)79-43)84-46-34(70)31(67)25(61)15(5-52)77-46/h11,15-48,52-56,60-73H,5-10H2,1-4H3,(H,49,57)(H,50,58)(H,51,59)/t11-,15+,16+,17+,18+,19+,20+,21+,22+,23+,24+,25-,26+,27+,28+,29+,30+,31-,32+,33-,34+,35-,36-,37+,38+,39+,40+,41-,42+,43-,44-,45+,46-,47+,48-/m0/s1. The third kappa shape index (κ3) is 15.4. The molecule has 498 valence electrons. The van der Waals surface area contributed by atoms with Gasteiger partial charge in [-0.15, -0.1) is 0 Å². The molecule has 0 radical (unpaired) electrons. The summed E-state index contributed by atoms with van der Waals surface area (Å²) in [5.74, 6) is -2.44. The summed E-state index contributed by atoms with van der Waals surface area (Å²) in [6.45, 7) is -1.38. The molecular weight excluding hydrogens is 1180 g/mol. The molecule has 0 spiro atoms. The van der Waals surface area contributed by atoms with E-state index in [4.69, 9.17) is 61.6 Å². The van der Waals surface area contributed by atoms with Gasteiger partial charge in [-0.2, -0.15) is 0 Å². The van der Waals surface area contributed by atoms with E-state index < -0.39 is 272 Å². The summed E-state index contributed by atoms with van der Waals surface area (Å²) in [6.07, 6.45) is -59.8. The fourth-order valence-corrected chi connectivity index (χ4v) is 11.1. The normalized spacial score (nSPS) is 49.4. The number of carbonyl (C=O) groups excluding carboxylic acids is 3. The minimum atomic E-state index is -2.28. The van der Waals surface area contributed by atoms with Crippen LogP contribution in [0.1, 0.15) is 27.7 Å². The van der Waals surface area contributed by atoms with E-state index in [1.165, 1.54) is 6.92 Å². The molecular formula is C48H81N3O35. The van der Waals surface area contributed by atoms with Crippen molar-refractivity contribution in [3.05, 3.63) is 0 Å². The summed E-state index contributed by atoms with van der Waals surface area (Å²) in [7, 11) is 0. The number of carbonyl (C=O) groups is 3. The Labute approximate surface area is 488 Å². The molecule has 7 fully saturated rings. The molecule has 0 aromatic carbocycles. The summed E-state index contributed by atoms with van der Waals surface area (Å²) in [5, 5.41) is 213. The van der Waals surface area contributed by atoms with Crippen LogP contribution in [0.2, 0.25) is 0 Å². The van der Waals surface area contributed by atoms with Crippen LogP contribution < -0.4 is 16.0 Å². The van der Waals surface area contributed by atoms with Crippen molar-refractivity contribution < 1.29 is 173 Å². The first-order chi connectivity index (χ1) is 40.6. The molecule has 7 aliphatic heterocycles. The number of aliphatic hydroxyl groups excluding tert-OH is 19. The number of ether oxygens (including phenoxy) is 13. The Morgan fingerprint density at radius 1 is 0.326 bits per heavy atom. The first kappa shape index (κ1) is 70.6. The molecule has 7 aliphatic rings. The van der Waals surface area contributed by atoms with E-state index in [1.807, 2.05) is 0 Å². The van der Waals surface area contributed by atoms with Crippen LogP contribution >= 0.6 is 0 Å². The van der Waals surface area contributed by atoms with Gasteiger partial charge in [0.1, 0.15) is 165 Å². The highest BCUT2D eigenvalue weighted by Gasteiger charge is 2.59. The maximum atomic E-state index is 12.7. The van der Waals surface area contributed by atoms with E-state index in [0.29, 0.717) is 0 Å². The van der Waals surface area contributed by atoms with Crippen molar-refractivity contribution in [2.75, 3.05) is 39.6 Å². The van der Waals surface area contributed by atoms with E-state index in [9.17, 15) is 111 Å². The van der Waals surface area contributed by atoms with Crippen molar-refractivity contribution in [1.29, 1.82) is 0 Å². The summed E-state index contributed by atoms with van der Waals surface area (Å²) in [4.78, 5) is 37.4. The number of hydrogen-bond acceptors (Lipinski definition) is 35. The minimum absolute atomic E-state index is 0.738. The van der Waals surface area contributed by atoms with Crippen LogP contribution in [-0.4, -0.2) is 369 Å². The summed E-state index contributed by atoms with van der Waals surface area (Å²) in [5.41, 5.74) is 0. The lowest BCUT2D eigenvalue weighted by atomic mass is 9.93. The van der Waals surface area contributed by atoms with Gasteiger partial charge in [0.15, 0.2) is 44.0 Å². The van der Waals surface area contributed by atoms with Gasteiger partial charge >= 0.3 is 0 Å². The van der Waals surface area contributed by atoms with Crippen molar-refractivity contribution in [1.82, 2.24) is 16.0 Å². The van der Waals surface area contributed by atoms with Crippen LogP contribution in [0.4, 0.5) is 0 Å². The molecule has 7 heterocycles. The van der Waals surface area contributed by atoms with Crippen LogP contribution in [0.5, 0.6) is 0 Å². The molecule has 7 saturated heterocycles. The first-order valence-electron chi connectivity index (χ1n) is 27.5. The third-order valence-corrected chi connectivity index (χ3v) is 15.7. The van der Waals surface area contributed by atoms with E-state index >= 15 is 0 Å². The lowest BCUT2D eigenvalue weighted by Crippen LogP contribution is -2.70. The van der Waals surface area contributed by atoms with Gasteiger partial charge in [0.2, 0.25) is 17.7 Å². The van der Waals surface area contributed by atoms with Crippen LogP contribution in [0.3, 0.4) is 0 Å². The first-order valence-corrected chi connectivity index (χ1v) is 27.5. The molecule has 38 nitrogen and oxygen atoms in total. The van der Waals surface area contributed by atoms with Crippen LogP contribution in [0.15, 0.2) is 0 Å². The van der Waals surface area contributed by atoms with Gasteiger partial charge in [-0.05, 0) is 6.92 Å². The van der Waals surface area contributed by atoms with Crippen LogP contribution in [-0.2, 0) is 76.0 Å². The molecule has 0 unspecified atom stereocenters. The van der Waals surface area contributed by atoms with Crippen molar-refractivity contribution >= 4 is 17.7 Å². The molecule has 22 N–H and O–H groups in total. The molecule has 38 heteroatoms. The maximum Gasteiger partial charge on any atom is 0.217 e. The fraction of sp³-hybridized carbons (Fsp3) is 0.938.